The van der Waals surface area contributed by atoms with Crippen molar-refractivity contribution in [1.82, 2.24) is 9.78 Å². The quantitative estimate of drug-likeness (QED) is 0.854. The normalized spacial score (nSPS) is 11.6. The second-order valence-corrected chi connectivity index (χ2v) is 6.53. The van der Waals surface area contributed by atoms with Crippen molar-refractivity contribution in [3.05, 3.63) is 35.1 Å². The molecule has 1 aromatic heterocycles. The molecule has 17 heavy (non-hydrogen) atoms. The highest BCUT2D eigenvalue weighted by Gasteiger charge is 2.10. The van der Waals surface area contributed by atoms with E-state index < -0.39 is 9.84 Å². The SMILES string of the molecule is CS(=O)(=O)c1ccc(-n2cc(Br)cn2)c(N)c1. The summed E-state index contributed by atoms with van der Waals surface area (Å²) < 4.78 is 25.1. The number of halogens is 1. The Morgan fingerprint density at radius 2 is 2.12 bits per heavy atom. The van der Waals surface area contributed by atoms with E-state index in [-0.39, 0.29) is 4.90 Å². The van der Waals surface area contributed by atoms with Crippen LogP contribution in [-0.2, 0) is 9.84 Å². The number of nitrogens with two attached hydrogens (primary N) is 1. The third kappa shape index (κ3) is 2.50. The zero-order valence-electron chi connectivity index (χ0n) is 8.96. The van der Waals surface area contributed by atoms with Gasteiger partial charge in [0.1, 0.15) is 0 Å². The van der Waals surface area contributed by atoms with Gasteiger partial charge in [-0.15, -0.1) is 0 Å². The Morgan fingerprint density at radius 1 is 1.41 bits per heavy atom. The number of rotatable bonds is 2. The van der Waals surface area contributed by atoms with Crippen LogP contribution in [0.25, 0.3) is 5.69 Å². The van der Waals surface area contributed by atoms with Crippen LogP contribution in [0.2, 0.25) is 0 Å². The summed E-state index contributed by atoms with van der Waals surface area (Å²) >= 11 is 3.28. The van der Waals surface area contributed by atoms with Gasteiger partial charge in [0.05, 0.1) is 26.9 Å². The third-order valence-electron chi connectivity index (χ3n) is 2.23. The van der Waals surface area contributed by atoms with Crippen LogP contribution in [0, 0.1) is 0 Å². The minimum atomic E-state index is -3.24. The molecule has 1 heterocycles. The predicted molar refractivity (Wildman–Crippen MR) is 68.8 cm³/mol. The van der Waals surface area contributed by atoms with Gasteiger partial charge in [0.2, 0.25) is 0 Å². The summed E-state index contributed by atoms with van der Waals surface area (Å²) in [5.74, 6) is 0. The van der Waals surface area contributed by atoms with Crippen LogP contribution < -0.4 is 5.73 Å². The highest BCUT2D eigenvalue weighted by atomic mass is 79.9. The molecular weight excluding hydrogens is 306 g/mol. The average Bonchev–Trinajstić information content (AvgIpc) is 2.63. The Bertz CT molecular complexity index is 664. The molecule has 0 unspecified atom stereocenters. The van der Waals surface area contributed by atoms with Gasteiger partial charge >= 0.3 is 0 Å². The van der Waals surface area contributed by atoms with E-state index in [1.807, 2.05) is 0 Å². The maximum Gasteiger partial charge on any atom is 0.175 e. The fourth-order valence-electron chi connectivity index (χ4n) is 1.40. The molecule has 0 aliphatic rings. The average molecular weight is 316 g/mol. The van der Waals surface area contributed by atoms with Crippen molar-refractivity contribution in [3.8, 4) is 5.69 Å². The molecule has 1 aromatic carbocycles. The first-order valence-electron chi connectivity index (χ1n) is 4.68. The van der Waals surface area contributed by atoms with Gasteiger partial charge in [-0.1, -0.05) is 0 Å². The molecule has 0 aliphatic heterocycles. The first kappa shape index (κ1) is 12.1. The van der Waals surface area contributed by atoms with Gasteiger partial charge in [-0.05, 0) is 34.1 Å². The first-order chi connectivity index (χ1) is 7.88. The molecule has 7 heteroatoms. The van der Waals surface area contributed by atoms with Crippen molar-refractivity contribution in [2.24, 2.45) is 0 Å². The zero-order chi connectivity index (χ0) is 12.6. The van der Waals surface area contributed by atoms with Gasteiger partial charge in [0.15, 0.2) is 9.84 Å². The van der Waals surface area contributed by atoms with E-state index in [1.54, 1.807) is 23.1 Å². The number of anilines is 1. The lowest BCUT2D eigenvalue weighted by atomic mass is 10.3. The third-order valence-corrected chi connectivity index (χ3v) is 3.74. The summed E-state index contributed by atoms with van der Waals surface area (Å²) in [5, 5.41) is 4.08. The Balaban J connectivity index is 2.53. The Morgan fingerprint density at radius 3 is 2.59 bits per heavy atom. The van der Waals surface area contributed by atoms with E-state index >= 15 is 0 Å². The molecule has 2 N–H and O–H groups in total. The van der Waals surface area contributed by atoms with Gasteiger partial charge in [-0.25, -0.2) is 13.1 Å². The van der Waals surface area contributed by atoms with E-state index in [1.165, 1.54) is 12.1 Å². The van der Waals surface area contributed by atoms with Crippen molar-refractivity contribution in [2.75, 3.05) is 12.0 Å². The van der Waals surface area contributed by atoms with Crippen LogP contribution in [0.5, 0.6) is 0 Å². The molecule has 0 saturated heterocycles. The van der Waals surface area contributed by atoms with Crippen molar-refractivity contribution in [2.45, 2.75) is 4.90 Å². The molecule has 0 spiro atoms. The summed E-state index contributed by atoms with van der Waals surface area (Å²) in [5.41, 5.74) is 6.82. The van der Waals surface area contributed by atoms with Crippen LogP contribution in [0.4, 0.5) is 5.69 Å². The molecule has 0 amide bonds. The van der Waals surface area contributed by atoms with E-state index in [9.17, 15) is 8.42 Å². The number of sulfone groups is 1. The van der Waals surface area contributed by atoms with E-state index in [2.05, 4.69) is 21.0 Å². The second-order valence-electron chi connectivity index (χ2n) is 3.60. The molecular formula is C10H10BrN3O2S. The number of hydrogen-bond acceptors (Lipinski definition) is 4. The van der Waals surface area contributed by atoms with E-state index in [0.717, 1.165) is 10.7 Å². The van der Waals surface area contributed by atoms with Gasteiger partial charge in [-0.2, -0.15) is 5.10 Å². The minimum Gasteiger partial charge on any atom is -0.397 e. The smallest absolute Gasteiger partial charge is 0.175 e. The summed E-state index contributed by atoms with van der Waals surface area (Å²) in [6.07, 6.45) is 4.52. The van der Waals surface area contributed by atoms with Crippen molar-refractivity contribution < 1.29 is 8.42 Å². The first-order valence-corrected chi connectivity index (χ1v) is 7.36. The standard InChI is InChI=1S/C10H10BrN3O2S/c1-17(15,16)8-2-3-10(9(12)4-8)14-6-7(11)5-13-14/h2-6H,12H2,1H3. The fourth-order valence-corrected chi connectivity index (χ4v) is 2.35. The maximum atomic E-state index is 11.4. The van der Waals surface area contributed by atoms with Gasteiger partial charge < -0.3 is 5.73 Å². The molecule has 0 aliphatic carbocycles. The van der Waals surface area contributed by atoms with E-state index in [4.69, 9.17) is 5.73 Å². The Labute approximate surface area is 107 Å². The van der Waals surface area contributed by atoms with Crippen LogP contribution in [0.1, 0.15) is 0 Å². The van der Waals surface area contributed by atoms with Gasteiger partial charge in [-0.3, -0.25) is 0 Å². The summed E-state index contributed by atoms with van der Waals surface area (Å²) in [6.45, 7) is 0. The predicted octanol–water partition coefficient (Wildman–Crippen LogP) is 1.62. The molecule has 0 fully saturated rings. The molecule has 0 bridgehead atoms. The van der Waals surface area contributed by atoms with E-state index in [0.29, 0.717) is 11.4 Å². The zero-order valence-corrected chi connectivity index (χ0v) is 11.4. The molecule has 0 radical (unpaired) electrons. The summed E-state index contributed by atoms with van der Waals surface area (Å²) in [4.78, 5) is 0.199. The van der Waals surface area contributed by atoms with Crippen LogP contribution in [0.3, 0.4) is 0 Å². The largest absolute Gasteiger partial charge is 0.397 e. The van der Waals surface area contributed by atoms with Crippen LogP contribution in [-0.4, -0.2) is 24.5 Å². The number of nitrogens with zero attached hydrogens (tertiary/aromatic N) is 2. The monoisotopic (exact) mass is 315 g/mol. The summed E-state index contributed by atoms with van der Waals surface area (Å²) in [6, 6.07) is 4.57. The van der Waals surface area contributed by atoms with Crippen molar-refractivity contribution >= 4 is 31.5 Å². The highest BCUT2D eigenvalue weighted by molar-refractivity contribution is 9.10. The number of benzene rings is 1. The van der Waals surface area contributed by atoms with Gasteiger partial charge in [0, 0.05) is 12.5 Å². The molecule has 0 saturated carbocycles. The number of hydrogen-bond donors (Lipinski definition) is 1. The minimum absolute atomic E-state index is 0.199. The summed E-state index contributed by atoms with van der Waals surface area (Å²) in [7, 11) is -3.24. The lowest BCUT2D eigenvalue weighted by molar-refractivity contribution is 0.602. The highest BCUT2D eigenvalue weighted by Crippen LogP contribution is 2.22. The topological polar surface area (TPSA) is 78.0 Å². The Kier molecular flexibility index (Phi) is 2.96. The lowest BCUT2D eigenvalue weighted by Gasteiger charge is -2.07. The van der Waals surface area contributed by atoms with Crippen LogP contribution >= 0.6 is 15.9 Å². The maximum absolute atomic E-state index is 11.4. The van der Waals surface area contributed by atoms with Crippen molar-refractivity contribution in [1.29, 1.82) is 0 Å². The lowest BCUT2D eigenvalue weighted by Crippen LogP contribution is -2.03. The van der Waals surface area contributed by atoms with Gasteiger partial charge in [0.25, 0.3) is 0 Å². The number of aromatic nitrogens is 2. The molecule has 5 nitrogen and oxygen atoms in total. The number of nitrogen functional groups attached to an aromatic ring is 1. The molecule has 2 rings (SSSR count). The fraction of sp³-hybridized carbons (Fsp3) is 0.100. The Hall–Kier alpha value is -1.34. The van der Waals surface area contributed by atoms with Crippen LogP contribution in [0.15, 0.2) is 40.0 Å². The second kappa shape index (κ2) is 4.15. The molecule has 2 aromatic rings. The molecule has 0 atom stereocenters. The molecule has 90 valence electrons. The van der Waals surface area contributed by atoms with Crippen molar-refractivity contribution in [3.63, 3.8) is 0 Å².